The summed E-state index contributed by atoms with van der Waals surface area (Å²) in [7, 11) is 3.13. The van der Waals surface area contributed by atoms with Crippen LogP contribution in [0.3, 0.4) is 0 Å². The van der Waals surface area contributed by atoms with Gasteiger partial charge in [0.2, 0.25) is 11.8 Å². The number of primary amides is 1. The van der Waals surface area contributed by atoms with Gasteiger partial charge in [0.15, 0.2) is 11.5 Å². The number of fused-ring (bicyclic) bond motifs is 1. The minimum atomic E-state index is -0.681. The number of methoxy groups -OCH3 is 2. The summed E-state index contributed by atoms with van der Waals surface area (Å²) >= 11 is 0. The maximum absolute atomic E-state index is 13.0. The van der Waals surface area contributed by atoms with Crippen LogP contribution in [0.1, 0.15) is 22.5 Å². The first-order chi connectivity index (χ1) is 12.8. The fraction of sp³-hybridized carbons (Fsp3) is 0.400. The number of rotatable bonds is 5. The Morgan fingerprint density at radius 1 is 1.07 bits per heavy atom. The van der Waals surface area contributed by atoms with Gasteiger partial charge >= 0.3 is 0 Å². The SMILES string of the molecule is COc1cc2c(cc1OC)CN(C(=O)Cn1c(C)ccc1C)[C@@H](C(N)=O)C2. The lowest BCUT2D eigenvalue weighted by Crippen LogP contribution is -2.52. The lowest BCUT2D eigenvalue weighted by Gasteiger charge is -2.35. The Morgan fingerprint density at radius 3 is 2.15 bits per heavy atom. The predicted octanol–water partition coefficient (Wildman–Crippen LogP) is 1.56. The molecule has 7 heteroatoms. The molecule has 0 radical (unpaired) electrons. The number of nitrogens with zero attached hydrogens (tertiary/aromatic N) is 2. The molecule has 1 aromatic carbocycles. The van der Waals surface area contributed by atoms with Gasteiger partial charge in [-0.25, -0.2) is 0 Å². The van der Waals surface area contributed by atoms with E-state index in [4.69, 9.17) is 15.2 Å². The van der Waals surface area contributed by atoms with E-state index in [-0.39, 0.29) is 12.5 Å². The molecule has 0 saturated heterocycles. The van der Waals surface area contributed by atoms with Crippen molar-refractivity contribution in [1.29, 1.82) is 0 Å². The molecule has 0 unspecified atom stereocenters. The Labute approximate surface area is 158 Å². The zero-order valence-electron chi connectivity index (χ0n) is 16.1. The number of hydrogen-bond acceptors (Lipinski definition) is 4. The Bertz CT molecular complexity index is 868. The van der Waals surface area contributed by atoms with Gasteiger partial charge in [0, 0.05) is 24.4 Å². The van der Waals surface area contributed by atoms with Crippen LogP contribution < -0.4 is 15.2 Å². The summed E-state index contributed by atoms with van der Waals surface area (Å²) in [6.07, 6.45) is 0.362. The Balaban J connectivity index is 1.93. The van der Waals surface area contributed by atoms with Crippen molar-refractivity contribution in [2.75, 3.05) is 14.2 Å². The van der Waals surface area contributed by atoms with E-state index in [0.29, 0.717) is 24.5 Å². The van der Waals surface area contributed by atoms with Crippen molar-refractivity contribution in [1.82, 2.24) is 9.47 Å². The monoisotopic (exact) mass is 371 g/mol. The molecule has 1 atom stereocenters. The van der Waals surface area contributed by atoms with E-state index in [1.165, 1.54) is 0 Å². The number of amides is 2. The Morgan fingerprint density at radius 2 is 1.63 bits per heavy atom. The highest BCUT2D eigenvalue weighted by molar-refractivity contribution is 5.87. The van der Waals surface area contributed by atoms with E-state index in [9.17, 15) is 9.59 Å². The molecule has 0 spiro atoms. The van der Waals surface area contributed by atoms with E-state index in [1.807, 2.05) is 42.7 Å². The van der Waals surface area contributed by atoms with Crippen LogP contribution in [0, 0.1) is 13.8 Å². The summed E-state index contributed by atoms with van der Waals surface area (Å²) in [5.74, 6) is 0.544. The predicted molar refractivity (Wildman–Crippen MR) is 101 cm³/mol. The largest absolute Gasteiger partial charge is 0.493 e. The molecule has 2 heterocycles. The third kappa shape index (κ3) is 3.49. The van der Waals surface area contributed by atoms with Crippen LogP contribution in [0.4, 0.5) is 0 Å². The highest BCUT2D eigenvalue weighted by Gasteiger charge is 2.34. The van der Waals surface area contributed by atoms with Gasteiger partial charge in [0.25, 0.3) is 0 Å². The summed E-state index contributed by atoms with van der Waals surface area (Å²) in [4.78, 5) is 26.6. The molecule has 2 N–H and O–H groups in total. The van der Waals surface area contributed by atoms with Gasteiger partial charge in [-0.2, -0.15) is 0 Å². The van der Waals surface area contributed by atoms with Crippen molar-refractivity contribution < 1.29 is 19.1 Å². The molecule has 144 valence electrons. The van der Waals surface area contributed by atoms with Crippen LogP contribution in [0.5, 0.6) is 11.5 Å². The Hall–Kier alpha value is -2.96. The number of ether oxygens (including phenoxy) is 2. The minimum Gasteiger partial charge on any atom is -0.493 e. The maximum atomic E-state index is 13.0. The Kier molecular flexibility index (Phi) is 5.12. The van der Waals surface area contributed by atoms with Crippen LogP contribution in [0.25, 0.3) is 0 Å². The molecule has 0 saturated carbocycles. The second-order valence-electron chi connectivity index (χ2n) is 6.82. The van der Waals surface area contributed by atoms with Gasteiger partial charge in [-0.15, -0.1) is 0 Å². The van der Waals surface area contributed by atoms with Crippen molar-refractivity contribution in [3.8, 4) is 11.5 Å². The molecule has 0 aliphatic carbocycles. The van der Waals surface area contributed by atoms with Crippen LogP contribution in [-0.2, 0) is 29.1 Å². The maximum Gasteiger partial charge on any atom is 0.243 e. The molecule has 3 rings (SSSR count). The summed E-state index contributed by atoms with van der Waals surface area (Å²) in [6, 6.07) is 6.97. The van der Waals surface area contributed by atoms with E-state index in [2.05, 4.69) is 0 Å². The number of benzene rings is 1. The van der Waals surface area contributed by atoms with Crippen molar-refractivity contribution in [2.45, 2.75) is 39.4 Å². The first-order valence-electron chi connectivity index (χ1n) is 8.81. The molecule has 2 aromatic rings. The highest BCUT2D eigenvalue weighted by atomic mass is 16.5. The van der Waals surface area contributed by atoms with E-state index in [1.54, 1.807) is 19.1 Å². The molecule has 1 aliphatic heterocycles. The molecule has 0 bridgehead atoms. The van der Waals surface area contributed by atoms with Gasteiger partial charge < -0.3 is 24.7 Å². The van der Waals surface area contributed by atoms with Gasteiger partial charge in [-0.3, -0.25) is 9.59 Å². The number of aromatic nitrogens is 1. The first-order valence-corrected chi connectivity index (χ1v) is 8.81. The van der Waals surface area contributed by atoms with Crippen LogP contribution in [0.2, 0.25) is 0 Å². The van der Waals surface area contributed by atoms with Gasteiger partial charge in [0.1, 0.15) is 12.6 Å². The van der Waals surface area contributed by atoms with Gasteiger partial charge in [-0.05, 0) is 49.2 Å². The molecule has 0 fully saturated rings. The molecular formula is C20H25N3O4. The van der Waals surface area contributed by atoms with E-state index >= 15 is 0 Å². The average molecular weight is 371 g/mol. The third-order valence-electron chi connectivity index (χ3n) is 5.20. The van der Waals surface area contributed by atoms with E-state index in [0.717, 1.165) is 22.5 Å². The quantitative estimate of drug-likeness (QED) is 0.864. The van der Waals surface area contributed by atoms with Crippen molar-refractivity contribution >= 4 is 11.8 Å². The standard InChI is InChI=1S/C20H25N3O4/c1-12-5-6-13(2)22(12)11-19(24)23-10-15-9-18(27-4)17(26-3)8-14(15)7-16(23)20(21)25/h5-6,8-9,16H,7,10-11H2,1-4H3,(H2,21,25)/t16-/m1/s1. The summed E-state index contributed by atoms with van der Waals surface area (Å²) in [5, 5.41) is 0. The van der Waals surface area contributed by atoms with Crippen LogP contribution in [-0.4, -0.2) is 41.5 Å². The average Bonchev–Trinajstić information content (AvgIpc) is 2.97. The molecule has 1 aromatic heterocycles. The lowest BCUT2D eigenvalue weighted by molar-refractivity contribution is -0.141. The van der Waals surface area contributed by atoms with Crippen molar-refractivity contribution in [3.63, 3.8) is 0 Å². The number of hydrogen-bond donors (Lipinski definition) is 1. The fourth-order valence-electron chi connectivity index (χ4n) is 3.60. The lowest BCUT2D eigenvalue weighted by atomic mass is 9.92. The van der Waals surface area contributed by atoms with Crippen molar-refractivity contribution in [2.24, 2.45) is 5.73 Å². The van der Waals surface area contributed by atoms with Crippen molar-refractivity contribution in [3.05, 3.63) is 46.8 Å². The molecular weight excluding hydrogens is 346 g/mol. The second kappa shape index (κ2) is 7.34. The normalized spacial score (nSPS) is 16.0. The summed E-state index contributed by atoms with van der Waals surface area (Å²) in [5.41, 5.74) is 9.49. The van der Waals surface area contributed by atoms with Gasteiger partial charge in [-0.1, -0.05) is 0 Å². The fourth-order valence-corrected chi connectivity index (χ4v) is 3.60. The summed E-state index contributed by atoms with van der Waals surface area (Å²) in [6.45, 7) is 4.39. The second-order valence-corrected chi connectivity index (χ2v) is 6.82. The molecule has 7 nitrogen and oxygen atoms in total. The molecule has 2 amide bonds. The van der Waals surface area contributed by atoms with Crippen LogP contribution >= 0.6 is 0 Å². The topological polar surface area (TPSA) is 86.8 Å². The number of carbonyl (C=O) groups excluding carboxylic acids is 2. The molecule has 27 heavy (non-hydrogen) atoms. The zero-order valence-corrected chi connectivity index (χ0v) is 16.1. The van der Waals surface area contributed by atoms with Crippen LogP contribution in [0.15, 0.2) is 24.3 Å². The summed E-state index contributed by atoms with van der Waals surface area (Å²) < 4.78 is 12.6. The number of carbonyl (C=O) groups is 2. The van der Waals surface area contributed by atoms with Gasteiger partial charge in [0.05, 0.1) is 14.2 Å². The molecule has 1 aliphatic rings. The smallest absolute Gasteiger partial charge is 0.243 e. The minimum absolute atomic E-state index is 0.137. The number of aryl methyl sites for hydroxylation is 2. The highest BCUT2D eigenvalue weighted by Crippen LogP contribution is 2.34. The first kappa shape index (κ1) is 18.8. The number of nitrogens with two attached hydrogens (primary N) is 1. The zero-order chi connectivity index (χ0) is 19.7. The third-order valence-corrected chi connectivity index (χ3v) is 5.20. The van der Waals surface area contributed by atoms with E-state index < -0.39 is 11.9 Å².